The summed E-state index contributed by atoms with van der Waals surface area (Å²) in [5, 5.41) is 7.32. The maximum absolute atomic E-state index is 7.32. The van der Waals surface area contributed by atoms with Crippen LogP contribution in [-0.2, 0) is 0 Å². The van der Waals surface area contributed by atoms with Gasteiger partial charge in [0.15, 0.2) is 0 Å². The van der Waals surface area contributed by atoms with Crippen LogP contribution in [0.5, 0.6) is 11.5 Å². The van der Waals surface area contributed by atoms with Crippen molar-refractivity contribution in [2.75, 3.05) is 0 Å². The van der Waals surface area contributed by atoms with Crippen molar-refractivity contribution >= 4 is 0 Å². The van der Waals surface area contributed by atoms with Crippen LogP contribution in [0.15, 0.2) is 60.7 Å². The maximum atomic E-state index is 7.32. The first kappa shape index (κ1) is 11.8. The first-order valence-corrected chi connectivity index (χ1v) is 4.95. The third kappa shape index (κ3) is 4.30. The molecule has 2 rings (SSSR count). The van der Waals surface area contributed by atoms with Gasteiger partial charge in [0, 0.05) is 6.92 Å². The molecule has 0 bridgehead atoms. The Morgan fingerprint density at radius 2 is 1.12 bits per heavy atom. The Hall–Kier alpha value is -2.27. The molecule has 0 aliphatic heterocycles. The summed E-state index contributed by atoms with van der Waals surface area (Å²) in [5.41, 5.74) is 0. The number of rotatable bonds is 2. The second kappa shape index (κ2) is 7.08. The molecule has 0 aliphatic carbocycles. The summed E-state index contributed by atoms with van der Waals surface area (Å²) in [7, 11) is 0. The van der Waals surface area contributed by atoms with Crippen molar-refractivity contribution in [1.82, 2.24) is 0 Å². The molecule has 2 heteroatoms. The second-order valence-corrected chi connectivity index (χ2v) is 2.95. The molecule has 0 atom stereocenters. The van der Waals surface area contributed by atoms with Gasteiger partial charge in [0.1, 0.15) is 11.5 Å². The molecule has 0 amide bonds. The Kier molecular flexibility index (Phi) is 5.22. The predicted molar refractivity (Wildman–Crippen MR) is 64.2 cm³/mol. The molecule has 0 fully saturated rings. The van der Waals surface area contributed by atoms with E-state index in [0.29, 0.717) is 0 Å². The molecule has 16 heavy (non-hydrogen) atoms. The lowest BCUT2D eigenvalue weighted by Crippen LogP contribution is -1.81. The van der Waals surface area contributed by atoms with Crippen LogP contribution >= 0.6 is 0 Å². The minimum absolute atomic E-state index is 0.869. The molecule has 0 aromatic heterocycles. The van der Waals surface area contributed by atoms with Gasteiger partial charge >= 0.3 is 0 Å². The van der Waals surface area contributed by atoms with Gasteiger partial charge in [-0.25, -0.2) is 0 Å². The molecule has 0 saturated heterocycles. The molecule has 0 radical (unpaired) electrons. The fourth-order valence-corrected chi connectivity index (χ4v) is 1.11. The zero-order valence-corrected chi connectivity index (χ0v) is 9.13. The SMILES string of the molecule is CC#N.c1ccc(Oc2ccccc2)cc1. The van der Waals surface area contributed by atoms with E-state index in [1.165, 1.54) is 6.92 Å². The third-order valence-electron chi connectivity index (χ3n) is 1.72. The molecule has 0 N–H and O–H groups in total. The van der Waals surface area contributed by atoms with E-state index in [4.69, 9.17) is 10.00 Å². The van der Waals surface area contributed by atoms with Crippen molar-refractivity contribution < 1.29 is 4.74 Å². The zero-order chi connectivity index (χ0) is 11.6. The molecule has 0 saturated carbocycles. The Bertz CT molecular complexity index is 394. The van der Waals surface area contributed by atoms with Crippen molar-refractivity contribution in [1.29, 1.82) is 5.26 Å². The molecule has 2 nitrogen and oxygen atoms in total. The number of ether oxygens (including phenoxy) is 1. The standard InChI is InChI=1S/C12H10O.C2H3N/c1-3-7-11(8-4-1)13-12-9-5-2-6-10-12;1-2-3/h1-10H;1H3. The summed E-state index contributed by atoms with van der Waals surface area (Å²) in [6.45, 7) is 1.43. The van der Waals surface area contributed by atoms with Crippen molar-refractivity contribution in [2.45, 2.75) is 6.92 Å². The topological polar surface area (TPSA) is 33.0 Å². The van der Waals surface area contributed by atoms with Gasteiger partial charge in [-0.3, -0.25) is 0 Å². The molecule has 0 heterocycles. The number of nitriles is 1. The highest BCUT2D eigenvalue weighted by molar-refractivity contribution is 5.30. The minimum atomic E-state index is 0.869. The lowest BCUT2D eigenvalue weighted by atomic mass is 10.3. The van der Waals surface area contributed by atoms with E-state index < -0.39 is 0 Å². The van der Waals surface area contributed by atoms with Gasteiger partial charge in [0.2, 0.25) is 0 Å². The number of hydrogen-bond acceptors (Lipinski definition) is 2. The van der Waals surface area contributed by atoms with E-state index in [1.807, 2.05) is 60.7 Å². The second-order valence-electron chi connectivity index (χ2n) is 2.95. The van der Waals surface area contributed by atoms with E-state index in [-0.39, 0.29) is 0 Å². The maximum Gasteiger partial charge on any atom is 0.127 e. The summed E-state index contributed by atoms with van der Waals surface area (Å²) in [4.78, 5) is 0. The number of para-hydroxylation sites is 2. The number of nitrogens with zero attached hydrogens (tertiary/aromatic N) is 1. The van der Waals surface area contributed by atoms with Gasteiger partial charge in [-0.2, -0.15) is 5.26 Å². The van der Waals surface area contributed by atoms with Gasteiger partial charge in [-0.05, 0) is 24.3 Å². The number of benzene rings is 2. The van der Waals surface area contributed by atoms with E-state index >= 15 is 0 Å². The van der Waals surface area contributed by atoms with Crippen LogP contribution in [0.1, 0.15) is 6.92 Å². The van der Waals surface area contributed by atoms with Crippen LogP contribution in [0.2, 0.25) is 0 Å². The van der Waals surface area contributed by atoms with Gasteiger partial charge in [0.05, 0.1) is 6.07 Å². The van der Waals surface area contributed by atoms with E-state index in [9.17, 15) is 0 Å². The molecule has 0 aliphatic rings. The molecule has 0 spiro atoms. The lowest BCUT2D eigenvalue weighted by molar-refractivity contribution is 0.482. The van der Waals surface area contributed by atoms with Crippen molar-refractivity contribution in [3.05, 3.63) is 60.7 Å². The molecule has 2 aromatic rings. The molecular weight excluding hydrogens is 198 g/mol. The van der Waals surface area contributed by atoms with Crippen LogP contribution in [0.3, 0.4) is 0 Å². The summed E-state index contributed by atoms with van der Waals surface area (Å²) >= 11 is 0. The predicted octanol–water partition coefficient (Wildman–Crippen LogP) is 4.01. The Labute approximate surface area is 95.7 Å². The third-order valence-corrected chi connectivity index (χ3v) is 1.72. The van der Waals surface area contributed by atoms with Crippen molar-refractivity contribution in [2.24, 2.45) is 0 Å². The van der Waals surface area contributed by atoms with Crippen LogP contribution < -0.4 is 4.74 Å². The van der Waals surface area contributed by atoms with E-state index in [2.05, 4.69) is 0 Å². The van der Waals surface area contributed by atoms with Gasteiger partial charge in [0.25, 0.3) is 0 Å². The van der Waals surface area contributed by atoms with Crippen molar-refractivity contribution in [3.8, 4) is 17.6 Å². The highest BCUT2D eigenvalue weighted by atomic mass is 16.5. The van der Waals surface area contributed by atoms with Gasteiger partial charge in [-0.1, -0.05) is 36.4 Å². The smallest absolute Gasteiger partial charge is 0.127 e. The number of hydrogen-bond donors (Lipinski definition) is 0. The first-order valence-electron chi connectivity index (χ1n) is 4.95. The average molecular weight is 211 g/mol. The summed E-state index contributed by atoms with van der Waals surface area (Å²) < 4.78 is 5.58. The molecule has 80 valence electrons. The molecule has 0 unspecified atom stereocenters. The highest BCUT2D eigenvalue weighted by Crippen LogP contribution is 2.19. The summed E-state index contributed by atoms with van der Waals surface area (Å²) in [6.07, 6.45) is 0. The fraction of sp³-hybridized carbons (Fsp3) is 0.0714. The van der Waals surface area contributed by atoms with Gasteiger partial charge < -0.3 is 4.74 Å². The average Bonchev–Trinajstić information content (AvgIpc) is 2.33. The van der Waals surface area contributed by atoms with Crippen molar-refractivity contribution in [3.63, 3.8) is 0 Å². The van der Waals surface area contributed by atoms with Crippen LogP contribution in [0.25, 0.3) is 0 Å². The minimum Gasteiger partial charge on any atom is -0.457 e. The first-order chi connectivity index (χ1) is 7.86. The fourth-order valence-electron chi connectivity index (χ4n) is 1.11. The van der Waals surface area contributed by atoms with Crippen LogP contribution in [0, 0.1) is 11.3 Å². The molecular formula is C14H13NO. The Balaban J connectivity index is 0.000000386. The Morgan fingerprint density at radius 1 is 0.812 bits per heavy atom. The van der Waals surface area contributed by atoms with Gasteiger partial charge in [-0.15, -0.1) is 0 Å². The molecule has 2 aromatic carbocycles. The quantitative estimate of drug-likeness (QED) is 0.751. The summed E-state index contributed by atoms with van der Waals surface area (Å²) in [5.74, 6) is 1.74. The lowest BCUT2D eigenvalue weighted by Gasteiger charge is -2.03. The Morgan fingerprint density at radius 3 is 1.44 bits per heavy atom. The highest BCUT2D eigenvalue weighted by Gasteiger charge is 1.92. The zero-order valence-electron chi connectivity index (χ0n) is 9.13. The monoisotopic (exact) mass is 211 g/mol. The normalized spacial score (nSPS) is 8.25. The van der Waals surface area contributed by atoms with E-state index in [1.54, 1.807) is 6.07 Å². The van der Waals surface area contributed by atoms with Crippen LogP contribution in [0.4, 0.5) is 0 Å². The van der Waals surface area contributed by atoms with E-state index in [0.717, 1.165) is 11.5 Å². The summed E-state index contributed by atoms with van der Waals surface area (Å²) in [6, 6.07) is 21.3. The largest absolute Gasteiger partial charge is 0.457 e. The van der Waals surface area contributed by atoms with Crippen LogP contribution in [-0.4, -0.2) is 0 Å².